The Kier molecular flexibility index (Phi) is 4.11. The van der Waals surface area contributed by atoms with Crippen molar-refractivity contribution in [1.29, 1.82) is 0 Å². The second-order valence-electron chi connectivity index (χ2n) is 2.93. The molecule has 0 radical (unpaired) electrons. The molecule has 1 fully saturated rings. The number of rotatable bonds is 5. The lowest BCUT2D eigenvalue weighted by Crippen LogP contribution is -2.32. The monoisotopic (exact) mass is 209 g/mol. The minimum atomic E-state index is -3.32. The minimum absolute atomic E-state index is 0.00694. The van der Waals surface area contributed by atoms with Gasteiger partial charge in [0.2, 0.25) is 10.0 Å². The highest BCUT2D eigenvalue weighted by atomic mass is 32.2. The van der Waals surface area contributed by atoms with Crippen LogP contribution in [-0.2, 0) is 19.6 Å². The zero-order valence-corrected chi connectivity index (χ0v) is 8.47. The Morgan fingerprint density at radius 2 is 2.38 bits per heavy atom. The van der Waals surface area contributed by atoms with Crippen LogP contribution in [0, 0.1) is 0 Å². The molecule has 1 saturated heterocycles. The summed E-state index contributed by atoms with van der Waals surface area (Å²) < 4.78 is 27.7. The predicted octanol–water partition coefficient (Wildman–Crippen LogP) is 0.0363. The Morgan fingerprint density at radius 3 is 2.92 bits per heavy atom. The van der Waals surface area contributed by atoms with Gasteiger partial charge in [-0.05, 0) is 19.8 Å². The highest BCUT2D eigenvalue weighted by molar-refractivity contribution is 7.89. The van der Waals surface area contributed by atoms with Gasteiger partial charge >= 0.3 is 0 Å². The van der Waals surface area contributed by atoms with E-state index in [1.54, 1.807) is 6.92 Å². The van der Waals surface area contributed by atoms with E-state index in [4.69, 9.17) is 4.74 Å². The van der Waals surface area contributed by atoms with Crippen molar-refractivity contribution in [3.63, 3.8) is 0 Å². The van der Waals surface area contributed by atoms with Crippen molar-refractivity contribution < 1.29 is 18.0 Å². The number of hydrogen-bond donors (Lipinski definition) is 1. The number of hydrogen-bond acceptors (Lipinski definition) is 4. The fraction of sp³-hybridized carbons (Fsp3) is 1.00. The molecule has 0 saturated carbocycles. The van der Waals surface area contributed by atoms with Crippen molar-refractivity contribution in [3.05, 3.63) is 0 Å². The topological polar surface area (TPSA) is 64.6 Å². The molecule has 0 aliphatic carbocycles. The number of ether oxygens (including phenoxy) is 1. The number of nitrogens with one attached hydrogen (secondary N) is 1. The van der Waals surface area contributed by atoms with Crippen LogP contribution in [0.2, 0.25) is 0 Å². The maximum atomic E-state index is 11.2. The van der Waals surface area contributed by atoms with Gasteiger partial charge in [0.1, 0.15) is 0 Å². The SMILES string of the molecule is CCONS(=O)(=O)CC1CCCO1. The van der Waals surface area contributed by atoms with Crippen LogP contribution in [0.15, 0.2) is 0 Å². The van der Waals surface area contributed by atoms with E-state index < -0.39 is 10.0 Å². The molecule has 13 heavy (non-hydrogen) atoms. The van der Waals surface area contributed by atoms with Crippen molar-refractivity contribution in [2.24, 2.45) is 0 Å². The average Bonchev–Trinajstić information content (AvgIpc) is 2.52. The zero-order chi connectivity index (χ0) is 9.73. The first-order valence-corrected chi connectivity index (χ1v) is 6.02. The normalized spacial score (nSPS) is 23.6. The molecule has 1 unspecified atom stereocenters. The van der Waals surface area contributed by atoms with Gasteiger partial charge in [-0.25, -0.2) is 8.42 Å². The molecule has 0 amide bonds. The van der Waals surface area contributed by atoms with Crippen molar-refractivity contribution in [3.8, 4) is 0 Å². The molecule has 1 rings (SSSR count). The van der Waals surface area contributed by atoms with Crippen LogP contribution in [0.4, 0.5) is 0 Å². The van der Waals surface area contributed by atoms with Gasteiger partial charge in [0.15, 0.2) is 0 Å². The van der Waals surface area contributed by atoms with Gasteiger partial charge in [0.25, 0.3) is 0 Å². The van der Waals surface area contributed by atoms with Crippen LogP contribution >= 0.6 is 0 Å². The molecule has 6 heteroatoms. The Hall–Kier alpha value is -0.170. The maximum absolute atomic E-state index is 11.2. The first-order chi connectivity index (χ1) is 6.14. The van der Waals surface area contributed by atoms with E-state index in [2.05, 4.69) is 4.84 Å². The summed E-state index contributed by atoms with van der Waals surface area (Å²) in [5.41, 5.74) is 0. The molecule has 1 N–H and O–H groups in total. The number of sulfonamides is 1. The van der Waals surface area contributed by atoms with E-state index in [-0.39, 0.29) is 11.9 Å². The van der Waals surface area contributed by atoms with Gasteiger partial charge in [-0.2, -0.15) is 0 Å². The quantitative estimate of drug-likeness (QED) is 0.649. The van der Waals surface area contributed by atoms with Crippen LogP contribution < -0.4 is 4.89 Å². The van der Waals surface area contributed by atoms with Crippen LogP contribution in [-0.4, -0.2) is 33.5 Å². The van der Waals surface area contributed by atoms with Crippen molar-refractivity contribution in [2.75, 3.05) is 19.0 Å². The summed E-state index contributed by atoms with van der Waals surface area (Å²) in [6, 6.07) is 0. The Balaban J connectivity index is 2.32. The van der Waals surface area contributed by atoms with Crippen LogP contribution in [0.25, 0.3) is 0 Å². The largest absolute Gasteiger partial charge is 0.377 e. The lowest BCUT2D eigenvalue weighted by Gasteiger charge is -2.10. The highest BCUT2D eigenvalue weighted by Gasteiger charge is 2.23. The minimum Gasteiger partial charge on any atom is -0.377 e. The van der Waals surface area contributed by atoms with E-state index in [0.717, 1.165) is 12.8 Å². The molecule has 0 aromatic carbocycles. The maximum Gasteiger partial charge on any atom is 0.236 e. The third kappa shape index (κ3) is 4.04. The van der Waals surface area contributed by atoms with E-state index in [9.17, 15) is 8.42 Å². The summed E-state index contributed by atoms with van der Waals surface area (Å²) in [5, 5.41) is 0. The lowest BCUT2D eigenvalue weighted by atomic mass is 10.3. The van der Waals surface area contributed by atoms with Crippen molar-refractivity contribution >= 4 is 10.0 Å². The molecule has 0 spiro atoms. The van der Waals surface area contributed by atoms with E-state index in [1.807, 2.05) is 4.89 Å². The molecule has 0 bridgehead atoms. The molecule has 78 valence electrons. The van der Waals surface area contributed by atoms with Crippen molar-refractivity contribution in [1.82, 2.24) is 4.89 Å². The van der Waals surface area contributed by atoms with E-state index >= 15 is 0 Å². The predicted molar refractivity (Wildman–Crippen MR) is 47.5 cm³/mol. The van der Waals surface area contributed by atoms with Crippen molar-refractivity contribution in [2.45, 2.75) is 25.9 Å². The van der Waals surface area contributed by atoms with E-state index in [0.29, 0.717) is 13.2 Å². The molecule has 0 aromatic rings. The summed E-state index contributed by atoms with van der Waals surface area (Å²) in [6.45, 7) is 2.70. The lowest BCUT2D eigenvalue weighted by molar-refractivity contribution is 0.0996. The average molecular weight is 209 g/mol. The van der Waals surface area contributed by atoms with Gasteiger partial charge in [-0.3, -0.25) is 4.84 Å². The second kappa shape index (κ2) is 4.90. The molecular formula is C7H15NO4S. The molecule has 1 atom stereocenters. The van der Waals surface area contributed by atoms with E-state index in [1.165, 1.54) is 0 Å². The third-order valence-corrected chi connectivity index (χ3v) is 2.94. The summed E-state index contributed by atoms with van der Waals surface area (Å²) in [4.78, 5) is 6.64. The molecule has 1 aliphatic heterocycles. The Bertz CT molecular complexity index is 233. The molecule has 5 nitrogen and oxygen atoms in total. The highest BCUT2D eigenvalue weighted by Crippen LogP contribution is 2.13. The molecule has 1 aliphatic rings. The molecule has 0 aromatic heterocycles. The summed E-state index contributed by atoms with van der Waals surface area (Å²) in [5.74, 6) is -0.00694. The summed E-state index contributed by atoms with van der Waals surface area (Å²) in [7, 11) is -3.32. The summed E-state index contributed by atoms with van der Waals surface area (Å²) >= 11 is 0. The first-order valence-electron chi connectivity index (χ1n) is 4.37. The summed E-state index contributed by atoms with van der Waals surface area (Å²) in [6.07, 6.45) is 1.58. The fourth-order valence-electron chi connectivity index (χ4n) is 1.20. The zero-order valence-electron chi connectivity index (χ0n) is 7.65. The van der Waals surface area contributed by atoms with Gasteiger partial charge in [0.05, 0.1) is 18.5 Å². The third-order valence-electron chi connectivity index (χ3n) is 1.76. The van der Waals surface area contributed by atoms with Gasteiger partial charge in [-0.15, -0.1) is 0 Å². The van der Waals surface area contributed by atoms with Gasteiger partial charge in [0, 0.05) is 6.61 Å². The smallest absolute Gasteiger partial charge is 0.236 e. The van der Waals surface area contributed by atoms with Crippen LogP contribution in [0.5, 0.6) is 0 Å². The fourth-order valence-corrected chi connectivity index (χ4v) is 2.32. The Labute approximate surface area is 78.4 Å². The Morgan fingerprint density at radius 1 is 1.62 bits per heavy atom. The van der Waals surface area contributed by atoms with Gasteiger partial charge in [-0.1, -0.05) is 4.89 Å². The first kappa shape index (κ1) is 10.9. The van der Waals surface area contributed by atoms with Crippen LogP contribution in [0.1, 0.15) is 19.8 Å². The molecule has 1 heterocycles. The van der Waals surface area contributed by atoms with Crippen LogP contribution in [0.3, 0.4) is 0 Å². The van der Waals surface area contributed by atoms with Gasteiger partial charge < -0.3 is 4.74 Å². The second-order valence-corrected chi connectivity index (χ2v) is 4.66. The molecular weight excluding hydrogens is 194 g/mol. The standard InChI is InChI=1S/C7H15NO4S/c1-2-12-8-13(9,10)6-7-4-3-5-11-7/h7-8H,2-6H2,1H3.